The van der Waals surface area contributed by atoms with Crippen LogP contribution < -0.4 is 11.1 Å². The molecular weight excluding hydrogens is 537 g/mol. The summed E-state index contributed by atoms with van der Waals surface area (Å²) in [5.41, 5.74) is 6.50. The minimum absolute atomic E-state index is 0.0321. The van der Waals surface area contributed by atoms with Gasteiger partial charge in [-0.15, -0.1) is 0 Å². The SMILES string of the molecule is CC(C)C[C@H](CC(=O)[C@H](Cc1ccccc1)NC(=O)c1cnccn1)B1OC(=O)CN(CCCCCCN)CC(=O)O1. The fraction of sp³-hybridized carbons (Fsp3) is 0.533. The molecule has 3 N–H and O–H groups in total. The van der Waals surface area contributed by atoms with Gasteiger partial charge in [0.1, 0.15) is 5.69 Å². The van der Waals surface area contributed by atoms with Crippen molar-refractivity contribution in [3.63, 3.8) is 0 Å². The molecule has 1 aromatic carbocycles. The van der Waals surface area contributed by atoms with Crippen molar-refractivity contribution >= 4 is 30.7 Å². The molecular formula is C30H42BN5O6. The molecule has 1 aliphatic rings. The first kappa shape index (κ1) is 32.9. The molecule has 2 aromatic rings. The molecule has 226 valence electrons. The van der Waals surface area contributed by atoms with Crippen molar-refractivity contribution in [3.05, 3.63) is 60.2 Å². The smallest absolute Gasteiger partial charge is 0.498 e. The van der Waals surface area contributed by atoms with E-state index in [4.69, 9.17) is 15.0 Å². The molecule has 1 fully saturated rings. The maximum absolute atomic E-state index is 13.8. The van der Waals surface area contributed by atoms with Gasteiger partial charge < -0.3 is 20.4 Å². The number of aromatic nitrogens is 2. The number of amides is 1. The summed E-state index contributed by atoms with van der Waals surface area (Å²) in [5.74, 6) is -2.27. The number of nitrogens with two attached hydrogens (primary N) is 1. The van der Waals surface area contributed by atoms with E-state index in [-0.39, 0.29) is 43.3 Å². The van der Waals surface area contributed by atoms with Gasteiger partial charge in [0.15, 0.2) is 5.78 Å². The molecule has 0 bridgehead atoms. The van der Waals surface area contributed by atoms with Crippen molar-refractivity contribution in [2.45, 2.75) is 70.7 Å². The lowest BCUT2D eigenvalue weighted by molar-refractivity contribution is -0.147. The van der Waals surface area contributed by atoms with Gasteiger partial charge in [-0.3, -0.25) is 29.1 Å². The highest BCUT2D eigenvalue weighted by atomic mass is 16.6. The molecule has 12 heteroatoms. The van der Waals surface area contributed by atoms with Gasteiger partial charge in [-0.05, 0) is 50.3 Å². The highest BCUT2D eigenvalue weighted by Crippen LogP contribution is 2.28. The van der Waals surface area contributed by atoms with Crippen LogP contribution in [0, 0.1) is 5.92 Å². The van der Waals surface area contributed by atoms with Gasteiger partial charge in [0.25, 0.3) is 5.91 Å². The van der Waals surface area contributed by atoms with Crippen molar-refractivity contribution in [2.24, 2.45) is 11.7 Å². The van der Waals surface area contributed by atoms with Gasteiger partial charge in [0, 0.05) is 24.6 Å². The average Bonchev–Trinajstić information content (AvgIpc) is 2.95. The summed E-state index contributed by atoms with van der Waals surface area (Å²) in [5, 5.41) is 2.80. The number of Topliss-reactive ketones (excluding diaryl/α,β-unsaturated/α-hetero) is 1. The summed E-state index contributed by atoms with van der Waals surface area (Å²) in [6.07, 6.45) is 8.58. The van der Waals surface area contributed by atoms with Crippen LogP contribution in [0.4, 0.5) is 0 Å². The van der Waals surface area contributed by atoms with Crippen molar-refractivity contribution in [1.82, 2.24) is 20.2 Å². The number of carbonyl (C=O) groups excluding carboxylic acids is 4. The molecule has 2 atom stereocenters. The summed E-state index contributed by atoms with van der Waals surface area (Å²) in [6, 6.07) is 8.47. The van der Waals surface area contributed by atoms with E-state index < -0.39 is 36.8 Å². The van der Waals surface area contributed by atoms with Gasteiger partial charge in [-0.1, -0.05) is 57.0 Å². The number of nitrogens with one attached hydrogen (secondary N) is 1. The molecule has 3 rings (SSSR count). The normalized spacial score (nSPS) is 15.8. The van der Waals surface area contributed by atoms with Crippen molar-refractivity contribution < 1.29 is 28.5 Å². The summed E-state index contributed by atoms with van der Waals surface area (Å²) < 4.78 is 11.3. The zero-order valence-electron chi connectivity index (χ0n) is 24.6. The predicted octanol–water partition coefficient (Wildman–Crippen LogP) is 2.60. The number of benzene rings is 1. The molecule has 0 radical (unpaired) electrons. The van der Waals surface area contributed by atoms with Crippen LogP contribution >= 0.6 is 0 Å². The summed E-state index contributed by atoms with van der Waals surface area (Å²) in [6.45, 7) is 5.11. The third kappa shape index (κ3) is 11.3. The van der Waals surface area contributed by atoms with E-state index in [1.807, 2.05) is 44.2 Å². The lowest BCUT2D eigenvalue weighted by atomic mass is 9.64. The molecule has 11 nitrogen and oxygen atoms in total. The molecule has 0 spiro atoms. The van der Waals surface area contributed by atoms with Crippen LogP contribution in [0.25, 0.3) is 0 Å². The monoisotopic (exact) mass is 579 g/mol. The molecule has 0 unspecified atom stereocenters. The van der Waals surface area contributed by atoms with Crippen LogP contribution in [0.1, 0.15) is 68.4 Å². The second kappa shape index (κ2) is 17.4. The Balaban J connectivity index is 1.72. The number of hydrogen-bond donors (Lipinski definition) is 2. The first-order valence-corrected chi connectivity index (χ1v) is 14.7. The number of rotatable bonds is 16. The van der Waals surface area contributed by atoms with Crippen LogP contribution in [0.5, 0.6) is 0 Å². The zero-order chi connectivity index (χ0) is 30.3. The minimum Gasteiger partial charge on any atom is -0.498 e. The molecule has 0 aliphatic carbocycles. The number of ketones is 1. The molecule has 2 heterocycles. The fourth-order valence-electron chi connectivity index (χ4n) is 5.00. The van der Waals surface area contributed by atoms with E-state index in [0.717, 1.165) is 31.2 Å². The van der Waals surface area contributed by atoms with E-state index >= 15 is 0 Å². The summed E-state index contributed by atoms with van der Waals surface area (Å²) in [4.78, 5) is 62.0. The third-order valence-electron chi connectivity index (χ3n) is 7.02. The van der Waals surface area contributed by atoms with Crippen molar-refractivity contribution in [2.75, 3.05) is 26.2 Å². The Morgan fingerprint density at radius 1 is 1.02 bits per heavy atom. The number of hydrogen-bond acceptors (Lipinski definition) is 10. The third-order valence-corrected chi connectivity index (χ3v) is 7.02. The summed E-state index contributed by atoms with van der Waals surface area (Å²) in [7, 11) is -1.20. The first-order valence-electron chi connectivity index (χ1n) is 14.7. The maximum atomic E-state index is 13.8. The Morgan fingerprint density at radius 2 is 1.71 bits per heavy atom. The standard InChI is InChI=1S/C30H42BN5O6/c1-22(2)16-24(31-41-28(38)20-36(21-29(39)42-31)15-9-4-3-8-12-32)18-27(37)25(17-23-10-6-5-7-11-23)35-30(40)26-19-33-13-14-34-26/h5-7,10-11,13-14,19,22,24-25H,3-4,8-9,12,15-18,20-21,32H2,1-2H3,(H,35,40)/t24-,25+/m1/s1. The second-order valence-corrected chi connectivity index (χ2v) is 11.1. The molecule has 1 amide bonds. The van der Waals surface area contributed by atoms with Gasteiger partial charge in [0.2, 0.25) is 0 Å². The Morgan fingerprint density at radius 3 is 2.33 bits per heavy atom. The molecule has 1 aliphatic heterocycles. The summed E-state index contributed by atoms with van der Waals surface area (Å²) >= 11 is 0. The maximum Gasteiger partial charge on any atom is 0.602 e. The van der Waals surface area contributed by atoms with E-state index in [9.17, 15) is 19.2 Å². The lowest BCUT2D eigenvalue weighted by Gasteiger charge is -2.30. The van der Waals surface area contributed by atoms with Crippen LogP contribution in [0.3, 0.4) is 0 Å². The lowest BCUT2D eigenvalue weighted by Crippen LogP contribution is -2.47. The minimum atomic E-state index is -1.20. The Labute approximate surface area is 248 Å². The van der Waals surface area contributed by atoms with Gasteiger partial charge in [-0.25, -0.2) is 4.98 Å². The largest absolute Gasteiger partial charge is 0.602 e. The molecule has 1 saturated heterocycles. The highest BCUT2D eigenvalue weighted by Gasteiger charge is 2.42. The van der Waals surface area contributed by atoms with E-state index in [1.54, 1.807) is 4.90 Å². The zero-order valence-corrected chi connectivity index (χ0v) is 24.6. The van der Waals surface area contributed by atoms with E-state index in [2.05, 4.69) is 15.3 Å². The van der Waals surface area contributed by atoms with Gasteiger partial charge in [-0.2, -0.15) is 0 Å². The van der Waals surface area contributed by atoms with Crippen LogP contribution in [-0.2, 0) is 30.1 Å². The van der Waals surface area contributed by atoms with Crippen molar-refractivity contribution in [1.29, 1.82) is 0 Å². The Hall–Kier alpha value is -3.64. The molecule has 0 saturated carbocycles. The van der Waals surface area contributed by atoms with E-state index in [0.29, 0.717) is 19.5 Å². The predicted molar refractivity (Wildman–Crippen MR) is 158 cm³/mol. The van der Waals surface area contributed by atoms with Crippen LogP contribution in [0.15, 0.2) is 48.9 Å². The van der Waals surface area contributed by atoms with Gasteiger partial charge >= 0.3 is 19.1 Å². The number of carbonyl (C=O) groups is 4. The van der Waals surface area contributed by atoms with Crippen LogP contribution in [-0.4, -0.2) is 77.8 Å². The quantitative estimate of drug-likeness (QED) is 0.224. The fourth-order valence-corrected chi connectivity index (χ4v) is 5.00. The van der Waals surface area contributed by atoms with E-state index in [1.165, 1.54) is 18.6 Å². The number of nitrogens with zero attached hydrogens (tertiary/aromatic N) is 3. The Bertz CT molecular complexity index is 1130. The molecule has 42 heavy (non-hydrogen) atoms. The number of unbranched alkanes of at least 4 members (excludes halogenated alkanes) is 3. The first-order chi connectivity index (χ1) is 20.2. The van der Waals surface area contributed by atoms with Crippen molar-refractivity contribution in [3.8, 4) is 0 Å². The van der Waals surface area contributed by atoms with Crippen LogP contribution in [0.2, 0.25) is 5.82 Å². The average molecular weight is 580 g/mol. The molecule has 1 aromatic heterocycles. The van der Waals surface area contributed by atoms with Gasteiger partial charge in [0.05, 0.1) is 25.3 Å². The Kier molecular flexibility index (Phi) is 13.6. The topological polar surface area (TPSA) is 154 Å². The second-order valence-electron chi connectivity index (χ2n) is 11.1. The highest BCUT2D eigenvalue weighted by molar-refractivity contribution is 6.51.